The zero-order valence-corrected chi connectivity index (χ0v) is 8.43. The van der Waals surface area contributed by atoms with E-state index < -0.39 is 5.54 Å². The van der Waals surface area contributed by atoms with Gasteiger partial charge in [0.05, 0.1) is 0 Å². The average Bonchev–Trinajstić information content (AvgIpc) is 2.73. The van der Waals surface area contributed by atoms with Gasteiger partial charge in [0, 0.05) is 0 Å². The van der Waals surface area contributed by atoms with Crippen molar-refractivity contribution in [1.29, 1.82) is 0 Å². The number of carbonyl (C=O) groups excluding carboxylic acids is 2. The first-order chi connectivity index (χ1) is 6.69. The van der Waals surface area contributed by atoms with Gasteiger partial charge in [-0.05, 0) is 25.2 Å². The zero-order chi connectivity index (χ0) is 10.2. The van der Waals surface area contributed by atoms with Gasteiger partial charge in [0.25, 0.3) is 5.91 Å². The highest BCUT2D eigenvalue weighted by molar-refractivity contribution is 6.07. The first-order valence-corrected chi connectivity index (χ1v) is 5.32. The fraction of sp³-hybridized carbons (Fsp3) is 0.800. The molecular weight excluding hydrogens is 180 g/mol. The minimum absolute atomic E-state index is 0.128. The molecule has 1 aliphatic carbocycles. The van der Waals surface area contributed by atoms with E-state index in [0.717, 1.165) is 12.8 Å². The van der Waals surface area contributed by atoms with E-state index in [1.54, 1.807) is 0 Å². The van der Waals surface area contributed by atoms with Gasteiger partial charge in [0.1, 0.15) is 5.54 Å². The summed E-state index contributed by atoms with van der Waals surface area (Å²) in [6.07, 6.45) is 5.16. The summed E-state index contributed by atoms with van der Waals surface area (Å²) in [6.45, 7) is 1.96. The van der Waals surface area contributed by atoms with Gasteiger partial charge in [-0.2, -0.15) is 0 Å². The van der Waals surface area contributed by atoms with E-state index in [-0.39, 0.29) is 11.9 Å². The summed E-state index contributed by atoms with van der Waals surface area (Å²) in [5.41, 5.74) is -0.604. The SMILES string of the molecule is CC[C@@]1(C2CCCC2)NC(=O)NC1=O. The molecule has 2 aliphatic rings. The summed E-state index contributed by atoms with van der Waals surface area (Å²) in [7, 11) is 0. The van der Waals surface area contributed by atoms with Gasteiger partial charge in [-0.25, -0.2) is 4.79 Å². The van der Waals surface area contributed by atoms with Crippen LogP contribution >= 0.6 is 0 Å². The number of nitrogens with one attached hydrogen (secondary N) is 2. The summed E-state index contributed by atoms with van der Waals surface area (Å²) < 4.78 is 0. The number of amides is 3. The molecule has 0 spiro atoms. The Morgan fingerprint density at radius 3 is 2.43 bits per heavy atom. The topological polar surface area (TPSA) is 58.2 Å². The Bertz CT molecular complexity index is 271. The molecule has 1 saturated carbocycles. The van der Waals surface area contributed by atoms with Gasteiger partial charge < -0.3 is 5.32 Å². The summed E-state index contributed by atoms with van der Waals surface area (Å²) in [5, 5.41) is 5.16. The van der Waals surface area contributed by atoms with Gasteiger partial charge in [-0.15, -0.1) is 0 Å². The maximum atomic E-state index is 11.7. The molecule has 14 heavy (non-hydrogen) atoms. The van der Waals surface area contributed by atoms with Crippen molar-refractivity contribution >= 4 is 11.9 Å². The number of rotatable bonds is 2. The largest absolute Gasteiger partial charge is 0.323 e. The second-order valence-corrected chi connectivity index (χ2v) is 4.21. The fourth-order valence-electron chi connectivity index (χ4n) is 2.75. The maximum absolute atomic E-state index is 11.7. The predicted molar refractivity (Wildman–Crippen MR) is 51.7 cm³/mol. The van der Waals surface area contributed by atoms with E-state index in [1.807, 2.05) is 6.92 Å². The van der Waals surface area contributed by atoms with E-state index in [0.29, 0.717) is 12.3 Å². The van der Waals surface area contributed by atoms with Crippen molar-refractivity contribution in [2.75, 3.05) is 0 Å². The molecule has 0 aromatic heterocycles. The molecule has 3 amide bonds. The van der Waals surface area contributed by atoms with Crippen LogP contribution < -0.4 is 10.6 Å². The van der Waals surface area contributed by atoms with Gasteiger partial charge in [0.15, 0.2) is 0 Å². The molecule has 4 heteroatoms. The quantitative estimate of drug-likeness (QED) is 0.651. The molecule has 1 saturated heterocycles. The van der Waals surface area contributed by atoms with Crippen molar-refractivity contribution in [3.8, 4) is 0 Å². The fourth-order valence-corrected chi connectivity index (χ4v) is 2.75. The van der Waals surface area contributed by atoms with Crippen LogP contribution in [0.4, 0.5) is 4.79 Å². The molecular formula is C10H16N2O2. The van der Waals surface area contributed by atoms with E-state index >= 15 is 0 Å². The Morgan fingerprint density at radius 2 is 2.00 bits per heavy atom. The summed E-state index contributed by atoms with van der Waals surface area (Å²) in [4.78, 5) is 22.9. The molecule has 2 N–H and O–H groups in total. The summed E-state index contributed by atoms with van der Waals surface area (Å²) in [5.74, 6) is 0.204. The molecule has 2 fully saturated rings. The zero-order valence-electron chi connectivity index (χ0n) is 8.43. The molecule has 1 atom stereocenters. The van der Waals surface area contributed by atoms with E-state index in [1.165, 1.54) is 12.8 Å². The highest BCUT2D eigenvalue weighted by Crippen LogP contribution is 2.37. The lowest BCUT2D eigenvalue weighted by Crippen LogP contribution is -2.51. The molecule has 0 aromatic rings. The maximum Gasteiger partial charge on any atom is 0.322 e. The smallest absolute Gasteiger partial charge is 0.322 e. The van der Waals surface area contributed by atoms with Crippen LogP contribution in [-0.4, -0.2) is 17.5 Å². The number of urea groups is 1. The number of imide groups is 1. The van der Waals surface area contributed by atoms with Gasteiger partial charge in [-0.3, -0.25) is 10.1 Å². The lowest BCUT2D eigenvalue weighted by molar-refractivity contribution is -0.126. The van der Waals surface area contributed by atoms with Crippen molar-refractivity contribution in [2.45, 2.75) is 44.6 Å². The van der Waals surface area contributed by atoms with Crippen LogP contribution in [-0.2, 0) is 4.79 Å². The molecule has 0 radical (unpaired) electrons. The Morgan fingerprint density at radius 1 is 1.36 bits per heavy atom. The minimum atomic E-state index is -0.604. The first kappa shape index (κ1) is 9.49. The van der Waals surface area contributed by atoms with Crippen LogP contribution in [0.3, 0.4) is 0 Å². The lowest BCUT2D eigenvalue weighted by Gasteiger charge is -2.30. The van der Waals surface area contributed by atoms with E-state index in [4.69, 9.17) is 0 Å². The van der Waals surface area contributed by atoms with Crippen molar-refractivity contribution < 1.29 is 9.59 Å². The lowest BCUT2D eigenvalue weighted by atomic mass is 9.80. The molecule has 1 aliphatic heterocycles. The highest BCUT2D eigenvalue weighted by atomic mass is 16.2. The minimum Gasteiger partial charge on any atom is -0.323 e. The normalized spacial score (nSPS) is 33.2. The molecule has 4 nitrogen and oxygen atoms in total. The van der Waals surface area contributed by atoms with Crippen LogP contribution in [0, 0.1) is 5.92 Å². The predicted octanol–water partition coefficient (Wildman–Crippen LogP) is 1.16. The van der Waals surface area contributed by atoms with Crippen LogP contribution in [0.1, 0.15) is 39.0 Å². The van der Waals surface area contributed by atoms with Crippen molar-refractivity contribution in [3.05, 3.63) is 0 Å². The van der Waals surface area contributed by atoms with Gasteiger partial charge in [0.2, 0.25) is 0 Å². The van der Waals surface area contributed by atoms with Crippen molar-refractivity contribution in [3.63, 3.8) is 0 Å². The third kappa shape index (κ3) is 1.21. The monoisotopic (exact) mass is 196 g/mol. The second-order valence-electron chi connectivity index (χ2n) is 4.21. The van der Waals surface area contributed by atoms with Gasteiger partial charge in [-0.1, -0.05) is 19.8 Å². The molecule has 1 heterocycles. The summed E-state index contributed by atoms with van der Waals surface area (Å²) in [6, 6.07) is -0.330. The number of hydrogen-bond acceptors (Lipinski definition) is 2. The third-order valence-corrected chi connectivity index (χ3v) is 3.58. The number of hydrogen-bond donors (Lipinski definition) is 2. The second kappa shape index (κ2) is 3.26. The Labute approximate surface area is 83.4 Å². The van der Waals surface area contributed by atoms with Crippen LogP contribution in [0.15, 0.2) is 0 Å². The first-order valence-electron chi connectivity index (χ1n) is 5.32. The molecule has 0 aromatic carbocycles. The Kier molecular flexibility index (Phi) is 2.21. The molecule has 0 bridgehead atoms. The Balaban J connectivity index is 2.24. The molecule has 0 unspecified atom stereocenters. The third-order valence-electron chi connectivity index (χ3n) is 3.58. The molecule has 78 valence electrons. The Hall–Kier alpha value is -1.06. The van der Waals surface area contributed by atoms with E-state index in [2.05, 4.69) is 10.6 Å². The van der Waals surface area contributed by atoms with E-state index in [9.17, 15) is 9.59 Å². The van der Waals surface area contributed by atoms with Crippen LogP contribution in [0.2, 0.25) is 0 Å². The average molecular weight is 196 g/mol. The van der Waals surface area contributed by atoms with Crippen molar-refractivity contribution in [2.24, 2.45) is 5.92 Å². The van der Waals surface area contributed by atoms with Crippen LogP contribution in [0.25, 0.3) is 0 Å². The van der Waals surface area contributed by atoms with Crippen LogP contribution in [0.5, 0.6) is 0 Å². The van der Waals surface area contributed by atoms with Crippen molar-refractivity contribution in [1.82, 2.24) is 10.6 Å². The molecule has 2 rings (SSSR count). The van der Waals surface area contributed by atoms with Gasteiger partial charge >= 0.3 is 6.03 Å². The number of carbonyl (C=O) groups is 2. The summed E-state index contributed by atoms with van der Waals surface area (Å²) >= 11 is 0. The standard InChI is InChI=1S/C10H16N2O2/c1-2-10(7-5-3-4-6-7)8(13)11-9(14)12-10/h7H,2-6H2,1H3,(H2,11,12,13,14)/t10-/m0/s1. The highest BCUT2D eigenvalue weighted by Gasteiger charge is 2.50.